The van der Waals surface area contributed by atoms with Gasteiger partial charge in [-0.2, -0.15) is 0 Å². The number of amides is 2. The summed E-state index contributed by atoms with van der Waals surface area (Å²) in [6.45, 7) is 0. The number of rotatable bonds is 5. The average Bonchev–Trinajstić information content (AvgIpc) is 3.34. The molecule has 148 valence electrons. The van der Waals surface area contributed by atoms with Crippen LogP contribution in [0.2, 0.25) is 0 Å². The number of hydrogen-bond acceptors (Lipinski definition) is 6. The van der Waals surface area contributed by atoms with Crippen molar-refractivity contribution in [2.45, 2.75) is 18.9 Å². The van der Waals surface area contributed by atoms with Crippen LogP contribution in [0.25, 0.3) is 10.1 Å². The lowest BCUT2D eigenvalue weighted by Gasteiger charge is -2.18. The van der Waals surface area contributed by atoms with Gasteiger partial charge < -0.3 is 21.1 Å². The standard InChI is InChI=1S/C21H20N4O3S/c1-28-20-13(25-21(27)14-8-9-17(26)24-14)7-6-12(22)18(20)19(23)16-10-11-4-2-3-5-15(11)29-16/h2-7,10,14,23H,8-9,22H2,1H3,(H,24,26)(H,25,27)/t14-/m1/s1. The first-order valence-electron chi connectivity index (χ1n) is 9.12. The first kappa shape index (κ1) is 18.9. The summed E-state index contributed by atoms with van der Waals surface area (Å²) in [5.74, 6) is -0.134. The lowest BCUT2D eigenvalue weighted by molar-refractivity contribution is -0.122. The van der Waals surface area contributed by atoms with Crippen LogP contribution in [0.1, 0.15) is 23.3 Å². The summed E-state index contributed by atoms with van der Waals surface area (Å²) in [7, 11) is 1.48. The van der Waals surface area contributed by atoms with Crippen molar-refractivity contribution in [3.63, 3.8) is 0 Å². The molecule has 2 aromatic carbocycles. The van der Waals surface area contributed by atoms with Crippen molar-refractivity contribution in [3.8, 4) is 5.75 Å². The van der Waals surface area contributed by atoms with Gasteiger partial charge in [-0.1, -0.05) is 18.2 Å². The van der Waals surface area contributed by atoms with E-state index in [9.17, 15) is 9.59 Å². The van der Waals surface area contributed by atoms with E-state index < -0.39 is 6.04 Å². The van der Waals surface area contributed by atoms with Crippen LogP contribution in [0.4, 0.5) is 11.4 Å². The minimum absolute atomic E-state index is 0.137. The van der Waals surface area contributed by atoms with Gasteiger partial charge >= 0.3 is 0 Å². The van der Waals surface area contributed by atoms with Crippen molar-refractivity contribution >= 4 is 50.3 Å². The number of benzene rings is 2. The Balaban J connectivity index is 1.69. The van der Waals surface area contributed by atoms with Crippen LogP contribution in [0.15, 0.2) is 42.5 Å². The summed E-state index contributed by atoms with van der Waals surface area (Å²) < 4.78 is 6.62. The molecule has 2 amide bonds. The molecule has 1 saturated heterocycles. The van der Waals surface area contributed by atoms with Gasteiger partial charge in [0.05, 0.1) is 28.9 Å². The minimum Gasteiger partial charge on any atom is -0.494 e. The van der Waals surface area contributed by atoms with Crippen molar-refractivity contribution in [1.82, 2.24) is 5.32 Å². The lowest BCUT2D eigenvalue weighted by atomic mass is 10.0. The molecule has 0 bridgehead atoms. The smallest absolute Gasteiger partial charge is 0.247 e. The average molecular weight is 408 g/mol. The molecule has 1 aliphatic heterocycles. The molecular formula is C21H20N4O3S. The molecule has 3 aromatic rings. The summed E-state index contributed by atoms with van der Waals surface area (Å²) in [4.78, 5) is 24.7. The normalized spacial score (nSPS) is 15.9. The molecule has 29 heavy (non-hydrogen) atoms. The number of nitrogen functional groups attached to an aromatic ring is 1. The maximum absolute atomic E-state index is 12.5. The molecule has 0 aliphatic carbocycles. The van der Waals surface area contributed by atoms with Crippen LogP contribution < -0.4 is 21.1 Å². The van der Waals surface area contributed by atoms with E-state index in [1.807, 2.05) is 30.3 Å². The molecule has 1 fully saturated rings. The molecule has 4 rings (SSSR count). The third-order valence-electron chi connectivity index (χ3n) is 4.89. The number of nitrogens with two attached hydrogens (primary N) is 1. The van der Waals surface area contributed by atoms with Gasteiger partial charge in [-0.05, 0) is 36.1 Å². The van der Waals surface area contributed by atoms with Crippen LogP contribution in [-0.2, 0) is 9.59 Å². The molecule has 1 aliphatic rings. The Labute approximate surface area is 171 Å². The SMILES string of the molecule is COc1c(NC(=O)[C@H]2CCC(=O)N2)ccc(N)c1C(=N)c1cc2ccccc2s1. The van der Waals surface area contributed by atoms with Gasteiger partial charge in [0.25, 0.3) is 0 Å². The van der Waals surface area contributed by atoms with Gasteiger partial charge in [-0.3, -0.25) is 15.0 Å². The predicted molar refractivity (Wildman–Crippen MR) is 115 cm³/mol. The molecule has 1 atom stereocenters. The fraction of sp³-hybridized carbons (Fsp3) is 0.190. The number of thiophene rings is 1. The zero-order chi connectivity index (χ0) is 20.5. The number of fused-ring (bicyclic) bond motifs is 1. The van der Waals surface area contributed by atoms with E-state index >= 15 is 0 Å². The van der Waals surface area contributed by atoms with Crippen molar-refractivity contribution in [2.24, 2.45) is 0 Å². The van der Waals surface area contributed by atoms with Gasteiger partial charge in [-0.15, -0.1) is 11.3 Å². The molecule has 2 heterocycles. The van der Waals surface area contributed by atoms with E-state index in [4.69, 9.17) is 15.9 Å². The molecular weight excluding hydrogens is 388 g/mol. The second kappa shape index (κ2) is 7.56. The van der Waals surface area contributed by atoms with Gasteiger partial charge in [0, 0.05) is 16.8 Å². The number of hydrogen-bond donors (Lipinski definition) is 4. The van der Waals surface area contributed by atoms with E-state index in [0.29, 0.717) is 35.5 Å². The van der Waals surface area contributed by atoms with Crippen LogP contribution in [0.5, 0.6) is 5.75 Å². The molecule has 8 heteroatoms. The predicted octanol–water partition coefficient (Wildman–Crippen LogP) is 3.13. The molecule has 0 radical (unpaired) electrons. The molecule has 1 aromatic heterocycles. The first-order chi connectivity index (χ1) is 14.0. The van der Waals surface area contributed by atoms with Gasteiger partial charge in [0.2, 0.25) is 11.8 Å². The number of methoxy groups -OCH3 is 1. The summed E-state index contributed by atoms with van der Waals surface area (Å²) in [5.41, 5.74) is 7.63. The fourth-order valence-electron chi connectivity index (χ4n) is 3.43. The Hall–Kier alpha value is -3.39. The van der Waals surface area contributed by atoms with E-state index in [1.165, 1.54) is 18.4 Å². The molecule has 0 unspecified atom stereocenters. The number of carbonyl (C=O) groups excluding carboxylic acids is 2. The summed E-state index contributed by atoms with van der Waals surface area (Å²) in [5, 5.41) is 15.2. The number of carbonyl (C=O) groups is 2. The molecule has 0 spiro atoms. The first-order valence-corrected chi connectivity index (χ1v) is 9.94. The van der Waals surface area contributed by atoms with Crippen LogP contribution in [-0.4, -0.2) is 30.7 Å². The second-order valence-corrected chi connectivity index (χ2v) is 7.87. The fourth-order valence-corrected chi connectivity index (χ4v) is 4.44. The highest BCUT2D eigenvalue weighted by Crippen LogP contribution is 2.37. The molecule has 5 N–H and O–H groups in total. The lowest BCUT2D eigenvalue weighted by Crippen LogP contribution is -2.37. The molecule has 0 saturated carbocycles. The third kappa shape index (κ3) is 3.54. The number of nitrogens with one attached hydrogen (secondary N) is 3. The highest BCUT2D eigenvalue weighted by atomic mass is 32.1. The Bertz CT molecular complexity index is 1110. The highest BCUT2D eigenvalue weighted by molar-refractivity contribution is 7.21. The van der Waals surface area contributed by atoms with E-state index in [1.54, 1.807) is 12.1 Å². The molecule has 7 nitrogen and oxygen atoms in total. The summed E-state index contributed by atoms with van der Waals surface area (Å²) in [6, 6.07) is 12.6. The van der Waals surface area contributed by atoms with Crippen molar-refractivity contribution in [2.75, 3.05) is 18.2 Å². The third-order valence-corrected chi connectivity index (χ3v) is 6.02. The van der Waals surface area contributed by atoms with E-state index in [0.717, 1.165) is 15.0 Å². The van der Waals surface area contributed by atoms with E-state index in [-0.39, 0.29) is 17.5 Å². The summed E-state index contributed by atoms with van der Waals surface area (Å²) >= 11 is 1.50. The Morgan fingerprint density at radius 1 is 1.31 bits per heavy atom. The zero-order valence-electron chi connectivity index (χ0n) is 15.7. The van der Waals surface area contributed by atoms with Gasteiger partial charge in [0.15, 0.2) is 5.75 Å². The van der Waals surface area contributed by atoms with Crippen LogP contribution >= 0.6 is 11.3 Å². The maximum atomic E-state index is 12.5. The highest BCUT2D eigenvalue weighted by Gasteiger charge is 2.28. The number of ether oxygens (including phenoxy) is 1. The van der Waals surface area contributed by atoms with Crippen molar-refractivity contribution in [3.05, 3.63) is 52.9 Å². The van der Waals surface area contributed by atoms with Crippen LogP contribution in [0.3, 0.4) is 0 Å². The maximum Gasteiger partial charge on any atom is 0.247 e. The van der Waals surface area contributed by atoms with Crippen molar-refractivity contribution in [1.29, 1.82) is 5.41 Å². The van der Waals surface area contributed by atoms with Gasteiger partial charge in [0.1, 0.15) is 6.04 Å². The Morgan fingerprint density at radius 2 is 2.10 bits per heavy atom. The minimum atomic E-state index is -0.574. The Morgan fingerprint density at radius 3 is 2.79 bits per heavy atom. The summed E-state index contributed by atoms with van der Waals surface area (Å²) in [6.07, 6.45) is 0.783. The Kier molecular flexibility index (Phi) is 4.94. The largest absolute Gasteiger partial charge is 0.494 e. The monoisotopic (exact) mass is 408 g/mol. The zero-order valence-corrected chi connectivity index (χ0v) is 16.6. The van der Waals surface area contributed by atoms with Crippen LogP contribution in [0, 0.1) is 5.41 Å². The van der Waals surface area contributed by atoms with E-state index in [2.05, 4.69) is 10.6 Å². The topological polar surface area (TPSA) is 117 Å². The quantitative estimate of drug-likeness (QED) is 0.383. The van der Waals surface area contributed by atoms with Crippen molar-refractivity contribution < 1.29 is 14.3 Å². The number of anilines is 2. The second-order valence-electron chi connectivity index (χ2n) is 6.78. The van der Waals surface area contributed by atoms with Gasteiger partial charge in [-0.25, -0.2) is 0 Å².